The van der Waals surface area contributed by atoms with Crippen molar-refractivity contribution in [3.05, 3.63) is 0 Å². The molecule has 5 heteroatoms. The molecule has 0 radical (unpaired) electrons. The monoisotopic (exact) mass is 276 g/mol. The fourth-order valence-corrected chi connectivity index (χ4v) is 1.45. The number of hydrogen-bond acceptors (Lipinski definition) is 5. The minimum absolute atomic E-state index is 0.00258. The average Bonchev–Trinajstić information content (AvgIpc) is 2.41. The van der Waals surface area contributed by atoms with E-state index in [0.29, 0.717) is 33.0 Å². The summed E-state index contributed by atoms with van der Waals surface area (Å²) >= 11 is 0. The summed E-state index contributed by atoms with van der Waals surface area (Å²) in [7, 11) is 1.62. The summed E-state index contributed by atoms with van der Waals surface area (Å²) in [5.41, 5.74) is 0. The number of methoxy groups -OCH3 is 1. The van der Waals surface area contributed by atoms with Crippen LogP contribution in [0.25, 0.3) is 0 Å². The van der Waals surface area contributed by atoms with Crippen LogP contribution in [0.1, 0.15) is 39.0 Å². The molecular formula is C14H28O5. The molecule has 0 amide bonds. The van der Waals surface area contributed by atoms with Crippen LogP contribution < -0.4 is 0 Å². The zero-order valence-corrected chi connectivity index (χ0v) is 12.3. The first-order valence-corrected chi connectivity index (χ1v) is 7.11. The van der Waals surface area contributed by atoms with Crippen LogP contribution in [0.5, 0.6) is 0 Å². The van der Waals surface area contributed by atoms with Crippen LogP contribution in [0.2, 0.25) is 0 Å². The van der Waals surface area contributed by atoms with Gasteiger partial charge in [0, 0.05) is 7.11 Å². The van der Waals surface area contributed by atoms with Gasteiger partial charge in [0.15, 0.2) is 0 Å². The minimum atomic E-state index is -0.299. The van der Waals surface area contributed by atoms with Crippen molar-refractivity contribution < 1.29 is 23.7 Å². The topological polar surface area (TPSA) is 54.0 Å². The average molecular weight is 276 g/mol. The van der Waals surface area contributed by atoms with Gasteiger partial charge in [0.25, 0.3) is 0 Å². The minimum Gasteiger partial charge on any atom is -0.464 e. The lowest BCUT2D eigenvalue weighted by atomic mass is 10.2. The Bertz CT molecular complexity index is 196. The molecule has 0 spiro atoms. The third kappa shape index (κ3) is 15.3. The second kappa shape index (κ2) is 15.4. The van der Waals surface area contributed by atoms with Crippen LogP contribution in [0, 0.1) is 0 Å². The number of carbonyl (C=O) groups excluding carboxylic acids is 1. The van der Waals surface area contributed by atoms with E-state index in [-0.39, 0.29) is 12.6 Å². The zero-order valence-electron chi connectivity index (χ0n) is 12.3. The molecule has 0 bridgehead atoms. The first-order chi connectivity index (χ1) is 9.31. The summed E-state index contributed by atoms with van der Waals surface area (Å²) in [5.74, 6) is -0.299. The molecule has 0 aromatic heterocycles. The Morgan fingerprint density at radius 2 is 1.53 bits per heavy atom. The Morgan fingerprint density at radius 1 is 0.842 bits per heavy atom. The standard InChI is InChI=1S/C14H28O5/c1-3-4-5-6-7-8-19-14(15)13-18-12-11-17-10-9-16-2/h3-13H2,1-2H3. The molecule has 19 heavy (non-hydrogen) atoms. The maximum Gasteiger partial charge on any atom is 0.332 e. The van der Waals surface area contributed by atoms with E-state index in [1.807, 2.05) is 0 Å². The molecule has 0 aromatic carbocycles. The molecule has 0 heterocycles. The lowest BCUT2D eigenvalue weighted by Gasteiger charge is -2.06. The van der Waals surface area contributed by atoms with Crippen LogP contribution in [-0.2, 0) is 23.7 Å². The molecular weight excluding hydrogens is 248 g/mol. The van der Waals surface area contributed by atoms with Crippen molar-refractivity contribution in [1.82, 2.24) is 0 Å². The fourth-order valence-electron chi connectivity index (χ4n) is 1.45. The van der Waals surface area contributed by atoms with Crippen molar-refractivity contribution in [1.29, 1.82) is 0 Å². The molecule has 0 saturated heterocycles. The zero-order chi connectivity index (χ0) is 14.2. The molecule has 0 unspecified atom stereocenters. The Morgan fingerprint density at radius 3 is 2.26 bits per heavy atom. The molecule has 5 nitrogen and oxygen atoms in total. The van der Waals surface area contributed by atoms with Gasteiger partial charge in [-0.2, -0.15) is 0 Å². The smallest absolute Gasteiger partial charge is 0.332 e. The summed E-state index contributed by atoms with van der Waals surface area (Å²) in [4.78, 5) is 11.3. The van der Waals surface area contributed by atoms with Gasteiger partial charge >= 0.3 is 5.97 Å². The van der Waals surface area contributed by atoms with Crippen LogP contribution >= 0.6 is 0 Å². The number of rotatable bonds is 14. The molecule has 0 aliphatic carbocycles. The molecule has 0 fully saturated rings. The highest BCUT2D eigenvalue weighted by atomic mass is 16.6. The predicted octanol–water partition coefficient (Wildman–Crippen LogP) is 2.18. The molecule has 114 valence electrons. The van der Waals surface area contributed by atoms with Gasteiger partial charge in [-0.05, 0) is 6.42 Å². The van der Waals surface area contributed by atoms with Gasteiger partial charge in [-0.25, -0.2) is 4.79 Å². The number of hydrogen-bond donors (Lipinski definition) is 0. The first-order valence-electron chi connectivity index (χ1n) is 7.11. The van der Waals surface area contributed by atoms with Gasteiger partial charge in [-0.1, -0.05) is 32.6 Å². The van der Waals surface area contributed by atoms with E-state index in [2.05, 4.69) is 6.92 Å². The molecule has 0 saturated carbocycles. The highest BCUT2D eigenvalue weighted by Gasteiger charge is 2.02. The number of ether oxygens (including phenoxy) is 4. The first kappa shape index (κ1) is 18.4. The maximum atomic E-state index is 11.3. The SMILES string of the molecule is CCCCCCCOC(=O)COCCOCCOC. The third-order valence-electron chi connectivity index (χ3n) is 2.53. The van der Waals surface area contributed by atoms with E-state index >= 15 is 0 Å². The van der Waals surface area contributed by atoms with Crippen molar-refractivity contribution in [2.45, 2.75) is 39.0 Å². The molecule has 0 aromatic rings. The lowest BCUT2D eigenvalue weighted by Crippen LogP contribution is -2.16. The fraction of sp³-hybridized carbons (Fsp3) is 0.929. The Hall–Kier alpha value is -0.650. The molecule has 0 aliphatic rings. The van der Waals surface area contributed by atoms with Crippen molar-refractivity contribution in [2.24, 2.45) is 0 Å². The van der Waals surface area contributed by atoms with Crippen molar-refractivity contribution in [3.63, 3.8) is 0 Å². The van der Waals surface area contributed by atoms with Crippen molar-refractivity contribution in [3.8, 4) is 0 Å². The normalized spacial score (nSPS) is 10.6. The van der Waals surface area contributed by atoms with Gasteiger partial charge in [0.2, 0.25) is 0 Å². The summed E-state index contributed by atoms with van der Waals surface area (Å²) < 4.78 is 20.2. The van der Waals surface area contributed by atoms with Crippen LogP contribution in [-0.4, -0.2) is 52.7 Å². The van der Waals surface area contributed by atoms with Crippen LogP contribution in [0.15, 0.2) is 0 Å². The highest BCUT2D eigenvalue weighted by molar-refractivity contribution is 5.70. The van der Waals surface area contributed by atoms with E-state index in [0.717, 1.165) is 12.8 Å². The van der Waals surface area contributed by atoms with Crippen LogP contribution in [0.4, 0.5) is 0 Å². The summed E-state index contributed by atoms with van der Waals surface area (Å²) in [6, 6.07) is 0. The number of esters is 1. The van der Waals surface area contributed by atoms with Gasteiger partial charge in [0.05, 0.1) is 33.0 Å². The summed E-state index contributed by atoms with van der Waals surface area (Å²) in [6.07, 6.45) is 5.74. The Balaban J connectivity index is 3.13. The largest absolute Gasteiger partial charge is 0.464 e. The molecule has 0 rings (SSSR count). The lowest BCUT2D eigenvalue weighted by molar-refractivity contribution is -0.149. The van der Waals surface area contributed by atoms with Gasteiger partial charge in [-0.15, -0.1) is 0 Å². The quantitative estimate of drug-likeness (QED) is 0.359. The number of carbonyl (C=O) groups is 1. The molecule has 0 atom stereocenters. The second-order valence-electron chi connectivity index (χ2n) is 4.29. The van der Waals surface area contributed by atoms with Crippen molar-refractivity contribution >= 4 is 5.97 Å². The highest BCUT2D eigenvalue weighted by Crippen LogP contribution is 2.02. The third-order valence-corrected chi connectivity index (χ3v) is 2.53. The molecule has 0 N–H and O–H groups in total. The van der Waals surface area contributed by atoms with E-state index in [4.69, 9.17) is 18.9 Å². The van der Waals surface area contributed by atoms with Gasteiger partial charge < -0.3 is 18.9 Å². The van der Waals surface area contributed by atoms with E-state index in [9.17, 15) is 4.79 Å². The second-order valence-corrected chi connectivity index (χ2v) is 4.29. The Labute approximate surface area is 116 Å². The molecule has 0 aliphatic heterocycles. The summed E-state index contributed by atoms with van der Waals surface area (Å²) in [6.45, 7) is 4.65. The van der Waals surface area contributed by atoms with E-state index in [1.54, 1.807) is 7.11 Å². The maximum absolute atomic E-state index is 11.3. The van der Waals surface area contributed by atoms with Crippen molar-refractivity contribution in [2.75, 3.05) is 46.8 Å². The van der Waals surface area contributed by atoms with Gasteiger partial charge in [-0.3, -0.25) is 0 Å². The summed E-state index contributed by atoms with van der Waals surface area (Å²) in [5, 5.41) is 0. The van der Waals surface area contributed by atoms with E-state index < -0.39 is 0 Å². The van der Waals surface area contributed by atoms with Crippen LogP contribution in [0.3, 0.4) is 0 Å². The number of unbranched alkanes of at least 4 members (excludes halogenated alkanes) is 4. The Kier molecular flexibility index (Phi) is 14.9. The predicted molar refractivity (Wildman–Crippen MR) is 73.2 cm³/mol. The van der Waals surface area contributed by atoms with Gasteiger partial charge in [0.1, 0.15) is 6.61 Å². The van der Waals surface area contributed by atoms with E-state index in [1.165, 1.54) is 19.3 Å².